The van der Waals surface area contributed by atoms with Gasteiger partial charge in [-0.1, -0.05) is 18.2 Å². The van der Waals surface area contributed by atoms with Gasteiger partial charge in [0.05, 0.1) is 11.6 Å². The highest BCUT2D eigenvalue weighted by atomic mass is 79.9. The summed E-state index contributed by atoms with van der Waals surface area (Å²) < 4.78 is 5.17. The zero-order valence-corrected chi connectivity index (χ0v) is 16.4. The van der Waals surface area contributed by atoms with Crippen molar-refractivity contribution >= 4 is 33.7 Å². The summed E-state index contributed by atoms with van der Waals surface area (Å²) >= 11 is 3.19. The number of phenols is 1. The summed E-state index contributed by atoms with van der Waals surface area (Å²) in [4.78, 5) is 35.8. The minimum absolute atomic E-state index is 0.0133. The summed E-state index contributed by atoms with van der Waals surface area (Å²) in [7, 11) is 1.23. The largest absolute Gasteiger partial charge is 0.507 e. The standard InChI is InChI=1S/C19H19BrN2O5/c1-11(23)21-10-12-4-3-5-14(8-12)18(25)22-17(19(26)27-2)13-6-7-16(24)15(20)9-13/h3-9,17,24H,10H2,1-2H3,(H,21,23)(H,22,25). The average Bonchev–Trinajstić information content (AvgIpc) is 2.66. The van der Waals surface area contributed by atoms with E-state index >= 15 is 0 Å². The summed E-state index contributed by atoms with van der Waals surface area (Å²) in [5.74, 6) is -1.28. The Morgan fingerprint density at radius 3 is 2.56 bits per heavy atom. The molecular weight excluding hydrogens is 416 g/mol. The van der Waals surface area contributed by atoms with Crippen LogP contribution in [0.25, 0.3) is 0 Å². The van der Waals surface area contributed by atoms with Crippen molar-refractivity contribution in [2.45, 2.75) is 19.5 Å². The molecule has 1 atom stereocenters. The molecule has 2 amide bonds. The van der Waals surface area contributed by atoms with E-state index in [2.05, 4.69) is 26.6 Å². The van der Waals surface area contributed by atoms with Gasteiger partial charge in [-0.3, -0.25) is 9.59 Å². The molecule has 3 N–H and O–H groups in total. The van der Waals surface area contributed by atoms with E-state index < -0.39 is 17.9 Å². The van der Waals surface area contributed by atoms with E-state index in [1.54, 1.807) is 24.3 Å². The third kappa shape index (κ3) is 5.55. The molecule has 0 radical (unpaired) electrons. The van der Waals surface area contributed by atoms with Crippen LogP contribution in [0.5, 0.6) is 5.75 Å². The predicted octanol–water partition coefficient (Wildman–Crippen LogP) is 2.43. The summed E-state index contributed by atoms with van der Waals surface area (Å²) in [5, 5.41) is 14.9. The first kappa shape index (κ1) is 20.4. The molecule has 0 aromatic heterocycles. The molecular formula is C19H19BrN2O5. The van der Waals surface area contributed by atoms with Gasteiger partial charge in [0.15, 0.2) is 6.04 Å². The van der Waals surface area contributed by atoms with Crippen LogP contribution in [0, 0.1) is 0 Å². The Morgan fingerprint density at radius 2 is 1.93 bits per heavy atom. The van der Waals surface area contributed by atoms with Gasteiger partial charge < -0.3 is 20.5 Å². The zero-order chi connectivity index (χ0) is 20.0. The SMILES string of the molecule is COC(=O)C(NC(=O)c1cccc(CNC(C)=O)c1)c1ccc(O)c(Br)c1. The fraction of sp³-hybridized carbons (Fsp3) is 0.211. The molecule has 0 spiro atoms. The van der Waals surface area contributed by atoms with Crippen LogP contribution in [0.15, 0.2) is 46.9 Å². The number of hydrogen-bond donors (Lipinski definition) is 3. The molecule has 0 bridgehead atoms. The summed E-state index contributed by atoms with van der Waals surface area (Å²) in [6, 6.07) is 10.1. The second-order valence-corrected chi connectivity index (χ2v) is 6.60. The average molecular weight is 435 g/mol. The van der Waals surface area contributed by atoms with Crippen LogP contribution in [-0.4, -0.2) is 30.0 Å². The van der Waals surface area contributed by atoms with Gasteiger partial charge in [-0.25, -0.2) is 4.79 Å². The third-order valence-corrected chi connectivity index (χ3v) is 4.38. The number of carbonyl (C=O) groups excluding carboxylic acids is 3. The van der Waals surface area contributed by atoms with Crippen LogP contribution in [0.1, 0.15) is 34.5 Å². The Kier molecular flexibility index (Phi) is 6.95. The molecule has 27 heavy (non-hydrogen) atoms. The molecule has 8 heteroatoms. The summed E-state index contributed by atoms with van der Waals surface area (Å²) in [6.45, 7) is 1.70. The van der Waals surface area contributed by atoms with Gasteiger partial charge in [0.25, 0.3) is 5.91 Å². The topological polar surface area (TPSA) is 105 Å². The lowest BCUT2D eigenvalue weighted by Crippen LogP contribution is -2.34. The Hall–Kier alpha value is -2.87. The van der Waals surface area contributed by atoms with E-state index in [4.69, 9.17) is 4.74 Å². The number of methoxy groups -OCH3 is 1. The summed E-state index contributed by atoms with van der Waals surface area (Å²) in [6.07, 6.45) is 0. The monoisotopic (exact) mass is 434 g/mol. The number of halogens is 1. The fourth-order valence-corrected chi connectivity index (χ4v) is 2.76. The lowest BCUT2D eigenvalue weighted by Gasteiger charge is -2.18. The maximum absolute atomic E-state index is 12.6. The molecule has 0 heterocycles. The molecule has 0 fully saturated rings. The van der Waals surface area contributed by atoms with Gasteiger partial charge in [-0.2, -0.15) is 0 Å². The molecule has 2 rings (SSSR count). The van der Waals surface area contributed by atoms with Crippen LogP contribution in [0.2, 0.25) is 0 Å². The van der Waals surface area contributed by atoms with Crippen LogP contribution < -0.4 is 10.6 Å². The van der Waals surface area contributed by atoms with E-state index in [-0.39, 0.29) is 11.7 Å². The lowest BCUT2D eigenvalue weighted by molar-refractivity contribution is -0.143. The van der Waals surface area contributed by atoms with Crippen molar-refractivity contribution in [3.8, 4) is 5.75 Å². The Morgan fingerprint density at radius 1 is 1.19 bits per heavy atom. The van der Waals surface area contributed by atoms with E-state index in [9.17, 15) is 19.5 Å². The molecule has 0 saturated carbocycles. The quantitative estimate of drug-likeness (QED) is 0.605. The molecule has 0 aliphatic heterocycles. The van der Waals surface area contributed by atoms with Crippen molar-refractivity contribution in [1.82, 2.24) is 10.6 Å². The lowest BCUT2D eigenvalue weighted by atomic mass is 10.1. The van der Waals surface area contributed by atoms with Crippen molar-refractivity contribution in [2.75, 3.05) is 7.11 Å². The highest BCUT2D eigenvalue weighted by Crippen LogP contribution is 2.27. The van der Waals surface area contributed by atoms with Crippen molar-refractivity contribution in [2.24, 2.45) is 0 Å². The number of esters is 1. The van der Waals surface area contributed by atoms with Crippen LogP contribution in [0.3, 0.4) is 0 Å². The number of rotatable bonds is 6. The predicted molar refractivity (Wildman–Crippen MR) is 102 cm³/mol. The van der Waals surface area contributed by atoms with Crippen molar-refractivity contribution < 1.29 is 24.2 Å². The Bertz CT molecular complexity index is 869. The van der Waals surface area contributed by atoms with Crippen molar-refractivity contribution in [1.29, 1.82) is 0 Å². The van der Waals surface area contributed by atoms with Crippen molar-refractivity contribution in [3.05, 3.63) is 63.6 Å². The van der Waals surface area contributed by atoms with Gasteiger partial charge in [-0.05, 0) is 51.3 Å². The number of phenolic OH excluding ortho intramolecular Hbond substituents is 1. The van der Waals surface area contributed by atoms with Gasteiger partial charge in [0, 0.05) is 19.0 Å². The maximum atomic E-state index is 12.6. The third-order valence-electron chi connectivity index (χ3n) is 3.75. The fourth-order valence-electron chi connectivity index (χ4n) is 2.36. The number of carbonyl (C=O) groups is 3. The Balaban J connectivity index is 2.23. The first-order chi connectivity index (χ1) is 12.8. The van der Waals surface area contributed by atoms with E-state index in [0.717, 1.165) is 5.56 Å². The van der Waals surface area contributed by atoms with Crippen LogP contribution in [-0.2, 0) is 20.9 Å². The number of nitrogens with one attached hydrogen (secondary N) is 2. The summed E-state index contributed by atoms with van der Waals surface area (Å²) in [5.41, 5.74) is 1.54. The molecule has 0 aliphatic rings. The smallest absolute Gasteiger partial charge is 0.333 e. The first-order valence-corrected chi connectivity index (χ1v) is 8.81. The van der Waals surface area contributed by atoms with Gasteiger partial charge in [0.2, 0.25) is 5.91 Å². The van der Waals surface area contributed by atoms with Crippen molar-refractivity contribution in [3.63, 3.8) is 0 Å². The molecule has 1 unspecified atom stereocenters. The van der Waals surface area contributed by atoms with Gasteiger partial charge >= 0.3 is 5.97 Å². The number of amides is 2. The van der Waals surface area contributed by atoms with E-state index in [1.807, 2.05) is 0 Å². The van der Waals surface area contributed by atoms with E-state index in [1.165, 1.54) is 32.2 Å². The van der Waals surface area contributed by atoms with Crippen LogP contribution in [0.4, 0.5) is 0 Å². The minimum Gasteiger partial charge on any atom is -0.507 e. The Labute approximate surface area is 164 Å². The molecule has 0 aliphatic carbocycles. The highest BCUT2D eigenvalue weighted by Gasteiger charge is 2.25. The number of ether oxygens (including phenoxy) is 1. The number of aromatic hydroxyl groups is 1. The second kappa shape index (κ2) is 9.18. The molecule has 0 saturated heterocycles. The molecule has 7 nitrogen and oxygen atoms in total. The highest BCUT2D eigenvalue weighted by molar-refractivity contribution is 9.10. The first-order valence-electron chi connectivity index (χ1n) is 8.02. The molecule has 142 valence electrons. The molecule has 2 aromatic rings. The second-order valence-electron chi connectivity index (χ2n) is 5.75. The number of benzene rings is 2. The normalized spacial score (nSPS) is 11.4. The minimum atomic E-state index is -1.04. The van der Waals surface area contributed by atoms with Crippen LogP contribution >= 0.6 is 15.9 Å². The number of hydrogen-bond acceptors (Lipinski definition) is 5. The van der Waals surface area contributed by atoms with Gasteiger partial charge in [-0.15, -0.1) is 0 Å². The van der Waals surface area contributed by atoms with E-state index in [0.29, 0.717) is 22.1 Å². The maximum Gasteiger partial charge on any atom is 0.333 e. The zero-order valence-electron chi connectivity index (χ0n) is 14.8. The van der Waals surface area contributed by atoms with Gasteiger partial charge in [0.1, 0.15) is 5.75 Å². The molecule has 2 aromatic carbocycles.